The quantitative estimate of drug-likeness (QED) is 0.517. The highest BCUT2D eigenvalue weighted by atomic mass is 16.5. The molecule has 0 aromatic carbocycles. The van der Waals surface area contributed by atoms with Crippen LogP contribution in [0.3, 0.4) is 0 Å². The van der Waals surface area contributed by atoms with Crippen molar-refractivity contribution in [3.63, 3.8) is 0 Å². The standard InChI is InChI=1S/C8H10N6O4/c1-3-4(5(15)12-18-3)2-8(9,7(16)17)6-10-13-14-11-6/h2,9H2,1H3,(H,12,15)(H,16,17)(H,10,11,13,14). The molecule has 0 aliphatic heterocycles. The number of aromatic hydroxyl groups is 1. The van der Waals surface area contributed by atoms with Crippen LogP contribution >= 0.6 is 0 Å². The molecule has 0 spiro atoms. The van der Waals surface area contributed by atoms with Crippen molar-refractivity contribution in [1.29, 1.82) is 0 Å². The molecule has 0 bridgehead atoms. The van der Waals surface area contributed by atoms with Crippen LogP contribution in [-0.2, 0) is 16.8 Å². The van der Waals surface area contributed by atoms with E-state index in [9.17, 15) is 15.0 Å². The SMILES string of the molecule is Cc1onc(O)c1CC(N)(C(=O)O)c1nnn[nH]1. The van der Waals surface area contributed by atoms with Crippen molar-refractivity contribution in [2.24, 2.45) is 5.73 Å². The lowest BCUT2D eigenvalue weighted by Crippen LogP contribution is -2.48. The first-order valence-corrected chi connectivity index (χ1v) is 4.85. The maximum absolute atomic E-state index is 11.3. The first-order chi connectivity index (χ1) is 8.45. The number of aliphatic carboxylic acids is 1. The van der Waals surface area contributed by atoms with Crippen LogP contribution < -0.4 is 5.73 Å². The fourth-order valence-electron chi connectivity index (χ4n) is 1.47. The molecule has 18 heavy (non-hydrogen) atoms. The summed E-state index contributed by atoms with van der Waals surface area (Å²) in [4.78, 5) is 11.3. The molecule has 2 aromatic heterocycles. The lowest BCUT2D eigenvalue weighted by molar-refractivity contribution is -0.144. The van der Waals surface area contributed by atoms with Gasteiger partial charge in [0.1, 0.15) is 5.76 Å². The second-order valence-corrected chi connectivity index (χ2v) is 3.74. The van der Waals surface area contributed by atoms with Gasteiger partial charge < -0.3 is 20.5 Å². The van der Waals surface area contributed by atoms with Crippen LogP contribution in [0.1, 0.15) is 17.1 Å². The van der Waals surface area contributed by atoms with E-state index < -0.39 is 17.4 Å². The lowest BCUT2D eigenvalue weighted by Gasteiger charge is -2.20. The van der Waals surface area contributed by atoms with Gasteiger partial charge >= 0.3 is 5.97 Å². The van der Waals surface area contributed by atoms with Crippen LogP contribution in [0.5, 0.6) is 5.88 Å². The molecule has 0 saturated heterocycles. The highest BCUT2D eigenvalue weighted by Gasteiger charge is 2.42. The number of hydrogen-bond acceptors (Lipinski definition) is 8. The minimum atomic E-state index is -1.91. The highest BCUT2D eigenvalue weighted by molar-refractivity contribution is 5.79. The topological polar surface area (TPSA) is 164 Å². The number of carboxylic acids is 1. The molecular weight excluding hydrogens is 244 g/mol. The van der Waals surface area contributed by atoms with Crippen molar-refractivity contribution in [2.75, 3.05) is 0 Å². The van der Waals surface area contributed by atoms with Gasteiger partial charge in [0, 0.05) is 6.42 Å². The minimum Gasteiger partial charge on any atom is -0.491 e. The van der Waals surface area contributed by atoms with Gasteiger partial charge in [0.2, 0.25) is 0 Å². The third-order valence-electron chi connectivity index (χ3n) is 2.57. The maximum atomic E-state index is 11.3. The zero-order valence-electron chi connectivity index (χ0n) is 9.28. The molecule has 1 unspecified atom stereocenters. The van der Waals surface area contributed by atoms with Crippen LogP contribution in [0.2, 0.25) is 0 Å². The molecule has 2 heterocycles. The van der Waals surface area contributed by atoms with E-state index in [2.05, 4.69) is 25.8 Å². The molecule has 0 aliphatic carbocycles. The molecular formula is C8H10N6O4. The van der Waals surface area contributed by atoms with Gasteiger partial charge in [-0.15, -0.1) is 5.10 Å². The Morgan fingerprint density at radius 3 is 2.78 bits per heavy atom. The van der Waals surface area contributed by atoms with E-state index in [0.717, 1.165) is 0 Å². The fraction of sp³-hybridized carbons (Fsp3) is 0.375. The summed E-state index contributed by atoms with van der Waals surface area (Å²) in [5.41, 5.74) is 4.07. The number of aromatic amines is 1. The average molecular weight is 254 g/mol. The van der Waals surface area contributed by atoms with E-state index in [0.29, 0.717) is 0 Å². The van der Waals surface area contributed by atoms with Crippen molar-refractivity contribution in [2.45, 2.75) is 18.9 Å². The normalized spacial score (nSPS) is 14.3. The Morgan fingerprint density at radius 2 is 2.33 bits per heavy atom. The number of rotatable bonds is 4. The van der Waals surface area contributed by atoms with Crippen molar-refractivity contribution < 1.29 is 19.5 Å². The van der Waals surface area contributed by atoms with Crippen LogP contribution in [0.15, 0.2) is 4.52 Å². The Bertz CT molecular complexity index is 545. The second kappa shape index (κ2) is 4.07. The van der Waals surface area contributed by atoms with Crippen LogP contribution in [0.4, 0.5) is 0 Å². The summed E-state index contributed by atoms with van der Waals surface area (Å²) in [5.74, 6) is -1.61. The third-order valence-corrected chi connectivity index (χ3v) is 2.57. The van der Waals surface area contributed by atoms with Crippen LogP contribution in [-0.4, -0.2) is 42.0 Å². The number of nitrogens with two attached hydrogens (primary N) is 1. The molecule has 0 saturated carbocycles. The number of nitrogens with zero attached hydrogens (tertiary/aromatic N) is 4. The summed E-state index contributed by atoms with van der Waals surface area (Å²) in [7, 11) is 0. The molecule has 1 atom stereocenters. The summed E-state index contributed by atoms with van der Waals surface area (Å²) >= 11 is 0. The van der Waals surface area contributed by atoms with Crippen molar-refractivity contribution >= 4 is 5.97 Å². The zero-order valence-corrected chi connectivity index (χ0v) is 9.28. The number of aromatic nitrogens is 5. The average Bonchev–Trinajstić information content (AvgIpc) is 2.94. The number of hydrogen-bond donors (Lipinski definition) is 4. The van der Waals surface area contributed by atoms with E-state index in [1.165, 1.54) is 6.92 Å². The van der Waals surface area contributed by atoms with Crippen molar-refractivity contribution in [1.82, 2.24) is 25.8 Å². The van der Waals surface area contributed by atoms with Gasteiger partial charge in [0.15, 0.2) is 11.4 Å². The van der Waals surface area contributed by atoms with Crippen molar-refractivity contribution in [3.05, 3.63) is 17.1 Å². The van der Waals surface area contributed by atoms with E-state index in [1.54, 1.807) is 0 Å². The van der Waals surface area contributed by atoms with E-state index >= 15 is 0 Å². The first kappa shape index (κ1) is 12.0. The van der Waals surface area contributed by atoms with E-state index in [4.69, 9.17) is 10.3 Å². The molecule has 2 rings (SSSR count). The Hall–Kier alpha value is -2.49. The maximum Gasteiger partial charge on any atom is 0.332 e. The Morgan fingerprint density at radius 1 is 1.61 bits per heavy atom. The van der Waals surface area contributed by atoms with Crippen LogP contribution in [0.25, 0.3) is 0 Å². The number of tetrazole rings is 1. The number of carboxylic acid groups (broad SMARTS) is 1. The Labute approximate surface area is 99.8 Å². The Kier molecular flexibility index (Phi) is 2.71. The summed E-state index contributed by atoms with van der Waals surface area (Å²) in [6.07, 6.45) is -0.264. The highest BCUT2D eigenvalue weighted by Crippen LogP contribution is 2.27. The number of aryl methyl sites for hydroxylation is 1. The number of nitrogens with one attached hydrogen (secondary N) is 1. The van der Waals surface area contributed by atoms with E-state index in [1.807, 2.05) is 0 Å². The lowest BCUT2D eigenvalue weighted by atomic mass is 9.91. The van der Waals surface area contributed by atoms with Gasteiger partial charge in [-0.1, -0.05) is 0 Å². The molecule has 2 aromatic rings. The second-order valence-electron chi connectivity index (χ2n) is 3.74. The number of H-pyrrole nitrogens is 1. The van der Waals surface area contributed by atoms with E-state index in [-0.39, 0.29) is 23.6 Å². The number of carbonyl (C=O) groups is 1. The molecule has 10 nitrogen and oxygen atoms in total. The van der Waals surface area contributed by atoms with Gasteiger partial charge in [-0.2, -0.15) is 0 Å². The Balaban J connectivity index is 2.42. The fourth-order valence-corrected chi connectivity index (χ4v) is 1.47. The minimum absolute atomic E-state index is 0.130. The van der Waals surface area contributed by atoms with Gasteiger partial charge in [-0.25, -0.2) is 9.89 Å². The van der Waals surface area contributed by atoms with Gasteiger partial charge in [0.25, 0.3) is 5.88 Å². The van der Waals surface area contributed by atoms with Gasteiger partial charge in [-0.3, -0.25) is 0 Å². The summed E-state index contributed by atoms with van der Waals surface area (Å²) in [6, 6.07) is 0. The zero-order chi connectivity index (χ0) is 13.3. The molecule has 10 heteroatoms. The van der Waals surface area contributed by atoms with Gasteiger partial charge in [0.05, 0.1) is 5.56 Å². The largest absolute Gasteiger partial charge is 0.491 e. The summed E-state index contributed by atoms with van der Waals surface area (Å²) in [5, 5.41) is 34.3. The summed E-state index contributed by atoms with van der Waals surface area (Å²) < 4.78 is 4.73. The van der Waals surface area contributed by atoms with Crippen LogP contribution in [0, 0.1) is 6.92 Å². The van der Waals surface area contributed by atoms with Gasteiger partial charge in [-0.05, 0) is 22.5 Å². The molecule has 96 valence electrons. The summed E-state index contributed by atoms with van der Waals surface area (Å²) in [6.45, 7) is 1.53. The molecule has 5 N–H and O–H groups in total. The predicted octanol–water partition coefficient (Wildman–Crippen LogP) is -1.32. The monoisotopic (exact) mass is 254 g/mol. The molecule has 0 aliphatic rings. The molecule has 0 radical (unpaired) electrons. The predicted molar refractivity (Wildman–Crippen MR) is 54.3 cm³/mol. The molecule has 0 fully saturated rings. The first-order valence-electron chi connectivity index (χ1n) is 4.85. The third kappa shape index (κ3) is 1.78. The molecule has 0 amide bonds. The van der Waals surface area contributed by atoms with Crippen molar-refractivity contribution in [3.8, 4) is 5.88 Å². The smallest absolute Gasteiger partial charge is 0.332 e.